The second-order valence-corrected chi connectivity index (χ2v) is 8.59. The zero-order valence-corrected chi connectivity index (χ0v) is 19.7. The van der Waals surface area contributed by atoms with Crippen LogP contribution < -0.4 is 10.1 Å². The van der Waals surface area contributed by atoms with E-state index in [1.165, 1.54) is 5.56 Å². The number of imidazole rings is 1. The van der Waals surface area contributed by atoms with Crippen molar-refractivity contribution in [2.45, 2.75) is 33.2 Å². The third-order valence-corrected chi connectivity index (χ3v) is 5.86. The van der Waals surface area contributed by atoms with Gasteiger partial charge >= 0.3 is 0 Å². The maximum Gasteiger partial charge on any atom is 0.251 e. The highest BCUT2D eigenvalue weighted by molar-refractivity contribution is 6.30. The molecule has 0 fully saturated rings. The molecular weight excluding hydrogens is 434 g/mol. The third kappa shape index (κ3) is 5.74. The van der Waals surface area contributed by atoms with E-state index in [1.54, 1.807) is 24.3 Å². The van der Waals surface area contributed by atoms with E-state index in [0.29, 0.717) is 30.3 Å². The molecule has 0 saturated heterocycles. The molecule has 0 radical (unpaired) electrons. The molecule has 1 heterocycles. The predicted octanol–water partition coefficient (Wildman–Crippen LogP) is 5.75. The number of rotatable bonds is 9. The maximum absolute atomic E-state index is 12.3. The van der Waals surface area contributed by atoms with Crippen molar-refractivity contribution in [2.75, 3.05) is 13.2 Å². The van der Waals surface area contributed by atoms with E-state index >= 15 is 0 Å². The normalized spacial score (nSPS) is 11.0. The predicted molar refractivity (Wildman–Crippen MR) is 133 cm³/mol. The lowest BCUT2D eigenvalue weighted by Gasteiger charge is -2.13. The summed E-state index contributed by atoms with van der Waals surface area (Å²) < 4.78 is 8.29. The van der Waals surface area contributed by atoms with Crippen LogP contribution in [0.5, 0.6) is 5.75 Å². The van der Waals surface area contributed by atoms with E-state index < -0.39 is 0 Å². The molecule has 1 N–H and O–H groups in total. The van der Waals surface area contributed by atoms with E-state index in [1.807, 2.05) is 24.3 Å². The minimum atomic E-state index is -0.0953. The van der Waals surface area contributed by atoms with Crippen LogP contribution >= 0.6 is 11.6 Å². The number of fused-ring (bicyclic) bond motifs is 1. The van der Waals surface area contributed by atoms with Gasteiger partial charge in [0.2, 0.25) is 0 Å². The molecule has 3 aromatic carbocycles. The minimum Gasteiger partial charge on any atom is -0.491 e. The van der Waals surface area contributed by atoms with Crippen LogP contribution in [0.15, 0.2) is 66.7 Å². The van der Waals surface area contributed by atoms with Gasteiger partial charge in [-0.05, 0) is 68.3 Å². The van der Waals surface area contributed by atoms with Crippen LogP contribution in [-0.4, -0.2) is 28.6 Å². The summed E-state index contributed by atoms with van der Waals surface area (Å²) in [6, 6.07) is 21.3. The molecule has 0 aliphatic rings. The summed E-state index contributed by atoms with van der Waals surface area (Å²) in [6.07, 6.45) is 1.56. The van der Waals surface area contributed by atoms with Crippen LogP contribution in [0.3, 0.4) is 0 Å². The molecule has 4 rings (SSSR count). The van der Waals surface area contributed by atoms with E-state index in [2.05, 4.69) is 41.9 Å². The van der Waals surface area contributed by atoms with Gasteiger partial charge in [0.15, 0.2) is 0 Å². The van der Waals surface area contributed by atoms with Crippen molar-refractivity contribution < 1.29 is 9.53 Å². The molecule has 0 aliphatic heterocycles. The number of carbonyl (C=O) groups excluding carboxylic acids is 1. The van der Waals surface area contributed by atoms with Crippen molar-refractivity contribution in [2.24, 2.45) is 0 Å². The third-order valence-electron chi connectivity index (χ3n) is 5.61. The Morgan fingerprint density at radius 2 is 1.85 bits per heavy atom. The van der Waals surface area contributed by atoms with Crippen LogP contribution in [0.25, 0.3) is 11.0 Å². The molecule has 0 unspecified atom stereocenters. The number of ether oxygens (including phenoxy) is 1. The lowest BCUT2D eigenvalue weighted by atomic mass is 10.1. The van der Waals surface area contributed by atoms with Gasteiger partial charge < -0.3 is 14.6 Å². The fourth-order valence-corrected chi connectivity index (χ4v) is 4.05. The number of aromatic nitrogens is 2. The van der Waals surface area contributed by atoms with E-state index in [4.69, 9.17) is 21.3 Å². The summed E-state index contributed by atoms with van der Waals surface area (Å²) in [5.41, 5.74) is 5.05. The van der Waals surface area contributed by atoms with Gasteiger partial charge in [-0.2, -0.15) is 0 Å². The lowest BCUT2D eigenvalue weighted by molar-refractivity contribution is 0.0953. The Morgan fingerprint density at radius 3 is 2.64 bits per heavy atom. The van der Waals surface area contributed by atoms with Crippen LogP contribution in [0.4, 0.5) is 0 Å². The van der Waals surface area contributed by atoms with Gasteiger partial charge in [0.25, 0.3) is 5.91 Å². The number of nitrogens with one attached hydrogen (secondary N) is 1. The second kappa shape index (κ2) is 10.5. The van der Waals surface area contributed by atoms with Gasteiger partial charge in [0.1, 0.15) is 18.2 Å². The van der Waals surface area contributed by atoms with Gasteiger partial charge in [0.05, 0.1) is 17.6 Å². The molecule has 0 atom stereocenters. The molecule has 5 nitrogen and oxygen atoms in total. The number of benzene rings is 3. The fourth-order valence-electron chi connectivity index (χ4n) is 3.93. The van der Waals surface area contributed by atoms with Crippen LogP contribution in [0, 0.1) is 13.8 Å². The topological polar surface area (TPSA) is 56.1 Å². The zero-order chi connectivity index (χ0) is 23.2. The quantitative estimate of drug-likeness (QED) is 0.323. The Morgan fingerprint density at radius 1 is 1.06 bits per heavy atom. The van der Waals surface area contributed by atoms with Crippen molar-refractivity contribution in [1.29, 1.82) is 0 Å². The number of carbonyl (C=O) groups is 1. The Labute approximate surface area is 199 Å². The number of hydrogen-bond acceptors (Lipinski definition) is 3. The number of hydrogen-bond donors (Lipinski definition) is 1. The highest BCUT2D eigenvalue weighted by Crippen LogP contribution is 2.20. The number of amides is 1. The molecule has 0 saturated carbocycles. The van der Waals surface area contributed by atoms with Crippen LogP contribution in [0.2, 0.25) is 5.02 Å². The van der Waals surface area contributed by atoms with Gasteiger partial charge in [-0.3, -0.25) is 4.79 Å². The summed E-state index contributed by atoms with van der Waals surface area (Å²) in [7, 11) is 0. The minimum absolute atomic E-state index is 0.0953. The van der Waals surface area contributed by atoms with Crippen molar-refractivity contribution in [3.63, 3.8) is 0 Å². The lowest BCUT2D eigenvalue weighted by Crippen LogP contribution is -2.25. The zero-order valence-electron chi connectivity index (χ0n) is 19.0. The van der Waals surface area contributed by atoms with Crippen molar-refractivity contribution in [3.8, 4) is 5.75 Å². The van der Waals surface area contributed by atoms with Gasteiger partial charge in [0, 0.05) is 23.6 Å². The first-order valence-corrected chi connectivity index (χ1v) is 11.6. The van der Waals surface area contributed by atoms with Gasteiger partial charge in [-0.1, -0.05) is 41.4 Å². The van der Waals surface area contributed by atoms with Crippen molar-refractivity contribution in [3.05, 3.63) is 94.3 Å². The first-order chi connectivity index (χ1) is 16.0. The average molecular weight is 462 g/mol. The molecular formula is C27H28ClN3O2. The molecule has 1 aromatic heterocycles. The first-order valence-electron chi connectivity index (χ1n) is 11.2. The number of nitrogens with zero attached hydrogens (tertiary/aromatic N) is 2. The van der Waals surface area contributed by atoms with E-state index in [0.717, 1.165) is 41.0 Å². The number of para-hydroxylation sites is 2. The monoisotopic (exact) mass is 461 g/mol. The smallest absolute Gasteiger partial charge is 0.251 e. The molecule has 0 spiro atoms. The molecule has 4 aromatic rings. The Kier molecular flexibility index (Phi) is 7.30. The number of aryl methyl sites for hydroxylation is 3. The molecule has 1 amide bonds. The summed E-state index contributed by atoms with van der Waals surface area (Å²) >= 11 is 5.89. The Bertz CT molecular complexity index is 1250. The van der Waals surface area contributed by atoms with Crippen LogP contribution in [-0.2, 0) is 13.0 Å². The first kappa shape index (κ1) is 22.9. The highest BCUT2D eigenvalue weighted by atomic mass is 35.5. The SMILES string of the molecule is Cc1ccc(OCCn2c(CCCNC(=O)c3ccc(Cl)cc3)nc3ccccc32)c(C)c1. The average Bonchev–Trinajstić information content (AvgIpc) is 3.16. The Hall–Kier alpha value is -3.31. The summed E-state index contributed by atoms with van der Waals surface area (Å²) in [4.78, 5) is 17.1. The molecule has 0 aliphatic carbocycles. The number of halogens is 1. The van der Waals surface area contributed by atoms with Gasteiger partial charge in [-0.15, -0.1) is 0 Å². The second-order valence-electron chi connectivity index (χ2n) is 8.15. The molecule has 0 bridgehead atoms. The standard InChI is InChI=1S/C27H28ClN3O2/c1-19-9-14-25(20(2)18-19)33-17-16-31-24-7-4-3-6-23(24)30-26(31)8-5-15-29-27(32)21-10-12-22(28)13-11-21/h3-4,6-7,9-14,18H,5,8,15-17H2,1-2H3,(H,29,32). The molecule has 6 heteroatoms. The van der Waals surface area contributed by atoms with Crippen LogP contribution in [0.1, 0.15) is 33.7 Å². The highest BCUT2D eigenvalue weighted by Gasteiger charge is 2.11. The van der Waals surface area contributed by atoms with E-state index in [9.17, 15) is 4.79 Å². The Balaban J connectivity index is 1.37. The largest absolute Gasteiger partial charge is 0.491 e. The van der Waals surface area contributed by atoms with Crippen molar-refractivity contribution >= 4 is 28.5 Å². The van der Waals surface area contributed by atoms with Crippen molar-refractivity contribution in [1.82, 2.24) is 14.9 Å². The van der Waals surface area contributed by atoms with Gasteiger partial charge in [-0.25, -0.2) is 4.98 Å². The molecule has 170 valence electrons. The molecule has 33 heavy (non-hydrogen) atoms. The van der Waals surface area contributed by atoms with E-state index in [-0.39, 0.29) is 5.91 Å². The fraction of sp³-hybridized carbons (Fsp3) is 0.259. The summed E-state index contributed by atoms with van der Waals surface area (Å²) in [5, 5.41) is 3.59. The summed E-state index contributed by atoms with van der Waals surface area (Å²) in [5.74, 6) is 1.82. The summed E-state index contributed by atoms with van der Waals surface area (Å²) in [6.45, 7) is 5.99. The maximum atomic E-state index is 12.3.